The molecular formula is C26H31ClN2O5. The molecule has 2 aliphatic carbocycles. The Morgan fingerprint density at radius 1 is 1.32 bits per heavy atom. The third-order valence-electron chi connectivity index (χ3n) is 8.75. The summed E-state index contributed by atoms with van der Waals surface area (Å²) < 4.78 is 11.6. The van der Waals surface area contributed by atoms with Crippen LogP contribution >= 0.6 is 12.4 Å². The van der Waals surface area contributed by atoms with Crippen molar-refractivity contribution in [2.24, 2.45) is 0 Å². The van der Waals surface area contributed by atoms with E-state index in [0.29, 0.717) is 18.6 Å². The molecule has 182 valence electrons. The number of benzene rings is 1. The van der Waals surface area contributed by atoms with Gasteiger partial charge in [0, 0.05) is 30.3 Å². The molecule has 0 radical (unpaired) electrons. The molecule has 1 spiro atoms. The summed E-state index contributed by atoms with van der Waals surface area (Å²) in [5, 5.41) is 23.0. The van der Waals surface area contributed by atoms with Crippen molar-refractivity contribution in [3.8, 4) is 11.5 Å². The molecule has 1 aromatic carbocycles. The van der Waals surface area contributed by atoms with E-state index in [0.717, 1.165) is 42.6 Å². The number of likely N-dealkylation sites (N-methyl/N-ethyl adjacent to an activating group) is 2. The lowest BCUT2D eigenvalue weighted by molar-refractivity contribution is -0.198. The van der Waals surface area contributed by atoms with Gasteiger partial charge in [-0.15, -0.1) is 12.4 Å². The number of halogens is 1. The lowest BCUT2D eigenvalue weighted by Crippen LogP contribution is -2.78. The summed E-state index contributed by atoms with van der Waals surface area (Å²) in [6.07, 6.45) is 8.78. The molecular weight excluding hydrogens is 456 g/mol. The van der Waals surface area contributed by atoms with E-state index in [9.17, 15) is 15.0 Å². The predicted octanol–water partition coefficient (Wildman–Crippen LogP) is 3.12. The lowest BCUT2D eigenvalue weighted by atomic mass is 9.48. The second-order valence-electron chi connectivity index (χ2n) is 9.93. The average Bonchev–Trinajstić information content (AvgIpc) is 3.44. The van der Waals surface area contributed by atoms with Crippen molar-refractivity contribution in [2.75, 3.05) is 20.1 Å². The highest BCUT2D eigenvalue weighted by Gasteiger charge is 2.73. The maximum atomic E-state index is 13.1. The van der Waals surface area contributed by atoms with Gasteiger partial charge >= 0.3 is 0 Å². The van der Waals surface area contributed by atoms with Crippen LogP contribution < -0.4 is 4.74 Å². The van der Waals surface area contributed by atoms with Crippen molar-refractivity contribution in [3.63, 3.8) is 0 Å². The van der Waals surface area contributed by atoms with Crippen LogP contribution in [0.1, 0.15) is 42.9 Å². The number of carbonyl (C=O) groups excluding carboxylic acids is 1. The van der Waals surface area contributed by atoms with Crippen LogP contribution in [0.4, 0.5) is 0 Å². The van der Waals surface area contributed by atoms with Gasteiger partial charge in [-0.2, -0.15) is 0 Å². The van der Waals surface area contributed by atoms with Crippen molar-refractivity contribution < 1.29 is 24.2 Å². The number of nitrogens with zero attached hydrogens (tertiary/aromatic N) is 2. The minimum atomic E-state index is -0.953. The highest BCUT2D eigenvalue weighted by Crippen LogP contribution is 2.65. The van der Waals surface area contributed by atoms with Gasteiger partial charge in [0.2, 0.25) is 5.91 Å². The summed E-state index contributed by atoms with van der Waals surface area (Å²) in [4.78, 5) is 17.2. The molecule has 2 N–H and O–H groups in total. The minimum Gasteiger partial charge on any atom is -0.504 e. The number of amides is 1. The third-order valence-corrected chi connectivity index (χ3v) is 8.75. The molecule has 2 fully saturated rings. The van der Waals surface area contributed by atoms with E-state index in [1.165, 1.54) is 0 Å². The molecule has 1 saturated heterocycles. The van der Waals surface area contributed by atoms with Crippen LogP contribution in [0.3, 0.4) is 0 Å². The Morgan fingerprint density at radius 3 is 2.88 bits per heavy atom. The van der Waals surface area contributed by atoms with Crippen molar-refractivity contribution in [1.82, 2.24) is 9.80 Å². The summed E-state index contributed by atoms with van der Waals surface area (Å²) in [7, 11) is 1.81. The molecule has 0 unspecified atom stereocenters. The van der Waals surface area contributed by atoms with E-state index in [-0.39, 0.29) is 36.1 Å². The van der Waals surface area contributed by atoms with E-state index in [1.54, 1.807) is 41.7 Å². The maximum Gasteiger partial charge on any atom is 0.246 e. The minimum absolute atomic E-state index is 0. The SMILES string of the molecule is CCN1CC[C@]23c4c5ccc(O)c4O[C@H]2[C@H](N(C)C(=O)/C=C/c2ccoc2)CC[C@@]3(O)[C@H]1C5.Cl. The molecule has 1 aromatic heterocycles. The standard InChI is InChI=1S/C26H30N2O5.ClH/c1-3-28-12-11-25-22-17-5-6-19(29)23(22)33-24(25)18(8-10-26(25,31)20(28)14-17)27(2)21(30)7-4-16-9-13-32-15-16;/h4-7,9,13,15,18,20,24,29,31H,3,8,10-12,14H2,1-2H3;1H/b7-4+;/t18-,20-,24+,25+,26-;/m1./s1. The van der Waals surface area contributed by atoms with Crippen LogP contribution in [0.2, 0.25) is 0 Å². The van der Waals surface area contributed by atoms with E-state index in [4.69, 9.17) is 9.15 Å². The number of phenols is 1. The summed E-state index contributed by atoms with van der Waals surface area (Å²) in [5.41, 5.74) is 1.37. The number of ether oxygens (including phenoxy) is 1. The Bertz CT molecular complexity index is 1130. The fraction of sp³-hybridized carbons (Fsp3) is 0.500. The van der Waals surface area contributed by atoms with Gasteiger partial charge in [-0.05, 0) is 62.5 Å². The van der Waals surface area contributed by atoms with E-state index in [1.807, 2.05) is 13.1 Å². The normalized spacial score (nSPS) is 33.2. The molecule has 4 aliphatic rings. The largest absolute Gasteiger partial charge is 0.504 e. The summed E-state index contributed by atoms with van der Waals surface area (Å²) in [5.74, 6) is 0.496. The Labute approximate surface area is 205 Å². The van der Waals surface area contributed by atoms with Gasteiger partial charge in [-0.25, -0.2) is 0 Å². The molecule has 8 heteroatoms. The fourth-order valence-electron chi connectivity index (χ4n) is 7.20. The number of furan rings is 1. The smallest absolute Gasteiger partial charge is 0.246 e. The molecule has 7 nitrogen and oxygen atoms in total. The Balaban J connectivity index is 0.00000241. The Kier molecular flexibility index (Phi) is 5.50. The zero-order valence-corrected chi connectivity index (χ0v) is 20.3. The second kappa shape index (κ2) is 8.04. The number of piperidine rings is 1. The molecule has 1 amide bonds. The number of aliphatic hydroxyl groups is 1. The van der Waals surface area contributed by atoms with Gasteiger partial charge in [0.25, 0.3) is 0 Å². The van der Waals surface area contributed by atoms with Crippen LogP contribution in [0.25, 0.3) is 6.08 Å². The lowest BCUT2D eigenvalue weighted by Gasteiger charge is -2.64. The monoisotopic (exact) mass is 486 g/mol. The van der Waals surface area contributed by atoms with Gasteiger partial charge in [-0.3, -0.25) is 9.69 Å². The maximum absolute atomic E-state index is 13.1. The summed E-state index contributed by atoms with van der Waals surface area (Å²) >= 11 is 0. The number of likely N-dealkylation sites (tertiary alicyclic amines) is 1. The average molecular weight is 487 g/mol. The molecule has 2 aliphatic heterocycles. The molecule has 1 saturated carbocycles. The zero-order valence-electron chi connectivity index (χ0n) is 19.4. The number of carbonyl (C=O) groups is 1. The molecule has 6 rings (SSSR count). The van der Waals surface area contributed by atoms with Gasteiger partial charge in [0.15, 0.2) is 11.5 Å². The predicted molar refractivity (Wildman–Crippen MR) is 129 cm³/mol. The number of hydrogen-bond donors (Lipinski definition) is 2. The number of phenolic OH excluding ortho intramolecular Hbond substituents is 1. The molecule has 34 heavy (non-hydrogen) atoms. The zero-order chi connectivity index (χ0) is 23.0. The van der Waals surface area contributed by atoms with Gasteiger partial charge in [0.1, 0.15) is 6.10 Å². The first kappa shape index (κ1) is 23.3. The number of aromatic hydroxyl groups is 1. The topological polar surface area (TPSA) is 86.4 Å². The van der Waals surface area contributed by atoms with E-state index in [2.05, 4.69) is 11.8 Å². The molecule has 5 atom stereocenters. The first-order valence-electron chi connectivity index (χ1n) is 11.9. The van der Waals surface area contributed by atoms with E-state index < -0.39 is 17.1 Å². The highest BCUT2D eigenvalue weighted by molar-refractivity contribution is 5.92. The van der Waals surface area contributed by atoms with E-state index >= 15 is 0 Å². The van der Waals surface area contributed by atoms with Crippen LogP contribution in [0, 0.1) is 0 Å². The molecule has 3 heterocycles. The van der Waals surface area contributed by atoms with Gasteiger partial charge < -0.3 is 24.3 Å². The number of hydrogen-bond acceptors (Lipinski definition) is 6. The van der Waals surface area contributed by atoms with Crippen LogP contribution in [0.5, 0.6) is 11.5 Å². The third kappa shape index (κ3) is 2.87. The Morgan fingerprint density at radius 2 is 2.15 bits per heavy atom. The number of rotatable bonds is 4. The molecule has 2 aromatic rings. The quantitative estimate of drug-likeness (QED) is 0.646. The van der Waals surface area contributed by atoms with Crippen molar-refractivity contribution >= 4 is 24.4 Å². The fourth-order valence-corrected chi connectivity index (χ4v) is 7.20. The van der Waals surface area contributed by atoms with Crippen LogP contribution in [-0.2, 0) is 16.6 Å². The van der Waals surface area contributed by atoms with Crippen molar-refractivity contribution in [2.45, 2.75) is 61.8 Å². The summed E-state index contributed by atoms with van der Waals surface area (Å²) in [6.45, 7) is 3.89. The summed E-state index contributed by atoms with van der Waals surface area (Å²) in [6, 6.07) is 5.29. The van der Waals surface area contributed by atoms with Crippen molar-refractivity contribution in [3.05, 3.63) is 53.5 Å². The van der Waals surface area contributed by atoms with Gasteiger partial charge in [-0.1, -0.05) is 13.0 Å². The van der Waals surface area contributed by atoms with Gasteiger partial charge in [0.05, 0.1) is 29.6 Å². The van der Waals surface area contributed by atoms with Crippen molar-refractivity contribution in [1.29, 1.82) is 0 Å². The second-order valence-corrected chi connectivity index (χ2v) is 9.93. The first-order valence-corrected chi connectivity index (χ1v) is 11.9. The highest BCUT2D eigenvalue weighted by atomic mass is 35.5. The van der Waals surface area contributed by atoms with Crippen LogP contribution in [-0.4, -0.2) is 69.8 Å². The Hall–Kier alpha value is -2.48. The van der Waals surface area contributed by atoms with Crippen LogP contribution in [0.15, 0.2) is 41.2 Å². The first-order chi connectivity index (χ1) is 15.9. The molecule has 2 bridgehead atoms.